The molecule has 40 heavy (non-hydrogen) atoms. The zero-order chi connectivity index (χ0) is 28.4. The molecule has 1 saturated heterocycles. The molecule has 0 radical (unpaired) electrons. The predicted molar refractivity (Wildman–Crippen MR) is 150 cm³/mol. The van der Waals surface area contributed by atoms with Crippen LogP contribution >= 0.6 is 0 Å². The van der Waals surface area contributed by atoms with Crippen molar-refractivity contribution in [2.24, 2.45) is 0 Å². The average Bonchev–Trinajstić information content (AvgIpc) is 3.52. The third-order valence-corrected chi connectivity index (χ3v) is 7.22. The molecule has 0 spiro atoms. The highest BCUT2D eigenvalue weighted by atomic mass is 16.5. The Labute approximate surface area is 231 Å². The Morgan fingerprint density at radius 2 is 1.57 bits per heavy atom. The van der Waals surface area contributed by atoms with E-state index in [1.165, 1.54) is 19.1 Å². The first kappa shape index (κ1) is 26.7. The minimum Gasteiger partial charge on any atom is -0.507 e. The summed E-state index contributed by atoms with van der Waals surface area (Å²) in [6.45, 7) is 0.212. The molecule has 1 fully saturated rings. The number of hydrogen-bond donors (Lipinski definition) is 2. The number of aromatic amines is 1. The second-order valence-electron chi connectivity index (χ2n) is 9.31. The number of fused-ring (bicyclic) bond motifs is 1. The number of nitrogens with zero attached hydrogens (tertiary/aromatic N) is 1. The number of methoxy groups -OCH3 is 4. The summed E-state index contributed by atoms with van der Waals surface area (Å²) in [5.41, 5.74) is 2.78. The molecule has 1 aliphatic rings. The van der Waals surface area contributed by atoms with Gasteiger partial charge in [-0.25, -0.2) is 0 Å². The van der Waals surface area contributed by atoms with Crippen LogP contribution in [0.1, 0.15) is 22.7 Å². The average molecular weight is 543 g/mol. The maximum absolute atomic E-state index is 13.5. The fourth-order valence-corrected chi connectivity index (χ4v) is 5.14. The summed E-state index contributed by atoms with van der Waals surface area (Å²) in [5, 5.41) is 12.4. The van der Waals surface area contributed by atoms with Crippen LogP contribution in [0, 0.1) is 0 Å². The molecule has 3 aromatic carbocycles. The highest BCUT2D eigenvalue weighted by molar-refractivity contribution is 6.46. The number of rotatable bonds is 9. The number of ether oxygens (including phenoxy) is 4. The van der Waals surface area contributed by atoms with Crippen molar-refractivity contribution in [2.45, 2.75) is 12.5 Å². The number of aliphatic hydroxyl groups excluding tert-OH is 1. The van der Waals surface area contributed by atoms with Gasteiger partial charge in [-0.2, -0.15) is 0 Å². The number of ketones is 1. The number of carbonyl (C=O) groups excluding carboxylic acids is 2. The smallest absolute Gasteiger partial charge is 0.295 e. The molecular weight excluding hydrogens is 512 g/mol. The van der Waals surface area contributed by atoms with Crippen molar-refractivity contribution >= 4 is 28.4 Å². The van der Waals surface area contributed by atoms with E-state index in [0.29, 0.717) is 34.8 Å². The molecule has 206 valence electrons. The molecule has 0 bridgehead atoms. The van der Waals surface area contributed by atoms with Gasteiger partial charge in [0.15, 0.2) is 0 Å². The number of hydrogen-bond acceptors (Lipinski definition) is 7. The van der Waals surface area contributed by atoms with E-state index in [-0.39, 0.29) is 17.9 Å². The van der Waals surface area contributed by atoms with Crippen molar-refractivity contribution in [3.05, 3.63) is 89.1 Å². The largest absolute Gasteiger partial charge is 0.507 e. The van der Waals surface area contributed by atoms with Gasteiger partial charge in [-0.15, -0.1) is 0 Å². The van der Waals surface area contributed by atoms with Gasteiger partial charge in [0.05, 0.1) is 40.1 Å². The number of Topliss-reactive ketones (excluding diaryl/α,β-unsaturated/α-hetero) is 1. The van der Waals surface area contributed by atoms with E-state index in [0.717, 1.165) is 22.2 Å². The van der Waals surface area contributed by atoms with Crippen LogP contribution in [0.15, 0.2) is 72.4 Å². The van der Waals surface area contributed by atoms with E-state index < -0.39 is 17.7 Å². The molecular formula is C31H30N2O7. The Morgan fingerprint density at radius 1 is 0.875 bits per heavy atom. The molecule has 5 rings (SSSR count). The number of amides is 1. The Kier molecular flexibility index (Phi) is 7.37. The molecule has 4 aromatic rings. The lowest BCUT2D eigenvalue weighted by Crippen LogP contribution is -2.31. The first-order valence-corrected chi connectivity index (χ1v) is 12.7. The van der Waals surface area contributed by atoms with E-state index >= 15 is 0 Å². The molecule has 0 aliphatic carbocycles. The Balaban J connectivity index is 1.61. The highest BCUT2D eigenvalue weighted by Crippen LogP contribution is 2.44. The normalized spacial score (nSPS) is 16.4. The lowest BCUT2D eigenvalue weighted by atomic mass is 9.94. The topological polar surface area (TPSA) is 110 Å². The number of H-pyrrole nitrogens is 1. The van der Waals surface area contributed by atoms with Crippen molar-refractivity contribution in [3.8, 4) is 23.0 Å². The third-order valence-electron chi connectivity index (χ3n) is 7.22. The first-order chi connectivity index (χ1) is 19.4. The summed E-state index contributed by atoms with van der Waals surface area (Å²) >= 11 is 0. The summed E-state index contributed by atoms with van der Waals surface area (Å²) in [6.07, 6.45) is 2.34. The molecule has 0 unspecified atom stereocenters. The summed E-state index contributed by atoms with van der Waals surface area (Å²) in [7, 11) is 6.17. The van der Waals surface area contributed by atoms with Crippen LogP contribution in [-0.2, 0) is 16.0 Å². The van der Waals surface area contributed by atoms with Gasteiger partial charge in [0.2, 0.25) is 0 Å². The standard InChI is InChI=1S/C31H30N2O7/c1-37-20-7-5-6-18(14-20)29(34)27-28(23-10-8-22(39-3)16-26(23)40-4)33(31(36)30(27)35)13-12-19-17-32-25-11-9-21(38-2)15-24(19)25/h5-11,14-17,28,32,34H,12-13H2,1-4H3/t28-/m0/s1. The SMILES string of the molecule is COc1cccc(C(O)=C2C(=O)C(=O)N(CCc3c[nH]c4ccc(OC)cc34)[C@H]2c2ccc(OC)cc2OC)c1. The molecule has 0 saturated carbocycles. The number of aromatic nitrogens is 1. The van der Waals surface area contributed by atoms with E-state index in [1.54, 1.807) is 56.7 Å². The third kappa shape index (κ3) is 4.70. The van der Waals surface area contributed by atoms with Crippen LogP contribution in [0.2, 0.25) is 0 Å². The summed E-state index contributed by atoms with van der Waals surface area (Å²) in [5.74, 6) is 0.428. The molecule has 9 nitrogen and oxygen atoms in total. The lowest BCUT2D eigenvalue weighted by molar-refractivity contribution is -0.139. The quantitative estimate of drug-likeness (QED) is 0.176. The zero-order valence-electron chi connectivity index (χ0n) is 22.7. The van der Waals surface area contributed by atoms with Gasteiger partial charge < -0.3 is 33.9 Å². The molecule has 2 heterocycles. The fraction of sp³-hybridized carbons (Fsp3) is 0.226. The van der Waals surface area contributed by atoms with Gasteiger partial charge in [0.1, 0.15) is 28.8 Å². The van der Waals surface area contributed by atoms with Gasteiger partial charge >= 0.3 is 0 Å². The predicted octanol–water partition coefficient (Wildman–Crippen LogP) is 4.87. The Hall–Kier alpha value is -4.92. The zero-order valence-corrected chi connectivity index (χ0v) is 22.7. The van der Waals surface area contributed by atoms with Crippen molar-refractivity contribution in [3.63, 3.8) is 0 Å². The van der Waals surface area contributed by atoms with E-state index in [2.05, 4.69) is 4.98 Å². The highest BCUT2D eigenvalue weighted by Gasteiger charge is 2.47. The van der Waals surface area contributed by atoms with Gasteiger partial charge in [0, 0.05) is 40.8 Å². The summed E-state index contributed by atoms with van der Waals surface area (Å²) < 4.78 is 21.7. The van der Waals surface area contributed by atoms with E-state index in [4.69, 9.17) is 18.9 Å². The van der Waals surface area contributed by atoms with E-state index in [1.807, 2.05) is 24.4 Å². The molecule has 1 aromatic heterocycles. The minimum atomic E-state index is -0.896. The van der Waals surface area contributed by atoms with Gasteiger partial charge in [-0.3, -0.25) is 9.59 Å². The maximum Gasteiger partial charge on any atom is 0.295 e. The van der Waals surface area contributed by atoms with Crippen LogP contribution in [0.3, 0.4) is 0 Å². The second kappa shape index (κ2) is 11.1. The Bertz CT molecular complexity index is 1620. The van der Waals surface area contributed by atoms with Gasteiger partial charge in [0.25, 0.3) is 11.7 Å². The number of carbonyl (C=O) groups is 2. The number of nitrogens with one attached hydrogen (secondary N) is 1. The second-order valence-corrected chi connectivity index (χ2v) is 9.31. The van der Waals surface area contributed by atoms with Crippen LogP contribution in [0.4, 0.5) is 0 Å². The minimum absolute atomic E-state index is 0.0256. The fourth-order valence-electron chi connectivity index (χ4n) is 5.14. The van der Waals surface area contributed by atoms with E-state index in [9.17, 15) is 14.7 Å². The lowest BCUT2D eigenvalue weighted by Gasteiger charge is -2.27. The summed E-state index contributed by atoms with van der Waals surface area (Å²) in [4.78, 5) is 31.8. The number of likely N-dealkylation sites (tertiary alicyclic amines) is 1. The number of benzene rings is 3. The molecule has 1 atom stereocenters. The monoisotopic (exact) mass is 542 g/mol. The van der Waals surface area contributed by atoms with Crippen molar-refractivity contribution in [1.82, 2.24) is 9.88 Å². The molecule has 1 aliphatic heterocycles. The summed E-state index contributed by atoms with van der Waals surface area (Å²) in [6, 6.07) is 16.7. The van der Waals surface area contributed by atoms with Gasteiger partial charge in [-0.05, 0) is 54.4 Å². The van der Waals surface area contributed by atoms with Crippen molar-refractivity contribution < 1.29 is 33.6 Å². The number of aliphatic hydroxyl groups is 1. The van der Waals surface area contributed by atoms with Crippen molar-refractivity contribution in [1.29, 1.82) is 0 Å². The van der Waals surface area contributed by atoms with Crippen LogP contribution in [-0.4, -0.2) is 61.7 Å². The molecule has 9 heteroatoms. The Morgan fingerprint density at radius 3 is 2.30 bits per heavy atom. The van der Waals surface area contributed by atoms with Crippen molar-refractivity contribution in [2.75, 3.05) is 35.0 Å². The molecule has 1 amide bonds. The first-order valence-electron chi connectivity index (χ1n) is 12.7. The van der Waals surface area contributed by atoms with Crippen LogP contribution in [0.25, 0.3) is 16.7 Å². The molecule has 2 N–H and O–H groups in total. The van der Waals surface area contributed by atoms with Crippen LogP contribution < -0.4 is 18.9 Å². The maximum atomic E-state index is 13.5. The van der Waals surface area contributed by atoms with Crippen LogP contribution in [0.5, 0.6) is 23.0 Å². The van der Waals surface area contributed by atoms with Gasteiger partial charge in [-0.1, -0.05) is 12.1 Å².